The van der Waals surface area contributed by atoms with Gasteiger partial charge in [-0.05, 0) is 31.2 Å². The van der Waals surface area contributed by atoms with Crippen LogP contribution in [0.2, 0.25) is 0 Å². The number of rotatable bonds is 5. The Labute approximate surface area is 185 Å². The second kappa shape index (κ2) is 9.19. The van der Waals surface area contributed by atoms with E-state index < -0.39 is 42.4 Å². The van der Waals surface area contributed by atoms with Gasteiger partial charge in [0.1, 0.15) is 6.10 Å². The lowest BCUT2D eigenvalue weighted by Gasteiger charge is -2.43. The van der Waals surface area contributed by atoms with Crippen molar-refractivity contribution in [3.05, 3.63) is 78.0 Å². The molecule has 2 N–H and O–H groups in total. The van der Waals surface area contributed by atoms with E-state index in [1.165, 1.54) is 10.9 Å². The van der Waals surface area contributed by atoms with E-state index in [1.54, 1.807) is 55.5 Å². The summed E-state index contributed by atoms with van der Waals surface area (Å²) in [5.41, 5.74) is 6.55. The van der Waals surface area contributed by atoms with Crippen molar-refractivity contribution in [2.45, 2.75) is 38.4 Å². The predicted molar refractivity (Wildman–Crippen MR) is 114 cm³/mol. The Balaban J connectivity index is 1.60. The number of esters is 2. The quantitative estimate of drug-likeness (QED) is 0.607. The summed E-state index contributed by atoms with van der Waals surface area (Å²) < 4.78 is 19.2. The summed E-state index contributed by atoms with van der Waals surface area (Å²) in [5.74, 6) is -1.20. The molecule has 2 aromatic carbocycles. The molecule has 0 amide bonds. The predicted octanol–water partition coefficient (Wildman–Crippen LogP) is 2.86. The molecule has 1 aliphatic heterocycles. The first-order valence-electron chi connectivity index (χ1n) is 10.3. The molecule has 0 bridgehead atoms. The summed E-state index contributed by atoms with van der Waals surface area (Å²) in [7, 11) is 0. The first-order valence-corrected chi connectivity index (χ1v) is 10.3. The average Bonchev–Trinajstić information content (AvgIpc) is 3.25. The van der Waals surface area contributed by atoms with Crippen molar-refractivity contribution < 1.29 is 23.8 Å². The van der Waals surface area contributed by atoms with Crippen molar-refractivity contribution in [3.63, 3.8) is 0 Å². The fourth-order valence-electron chi connectivity index (χ4n) is 3.78. The van der Waals surface area contributed by atoms with Crippen LogP contribution in [-0.2, 0) is 14.2 Å². The highest BCUT2D eigenvalue weighted by Crippen LogP contribution is 2.36. The van der Waals surface area contributed by atoms with E-state index in [1.807, 2.05) is 19.1 Å². The van der Waals surface area contributed by atoms with E-state index in [0.29, 0.717) is 11.1 Å². The molecule has 1 saturated heterocycles. The number of ether oxygens (including phenoxy) is 3. The summed E-state index contributed by atoms with van der Waals surface area (Å²) in [6.07, 6.45) is -1.25. The average molecular weight is 436 g/mol. The maximum Gasteiger partial charge on any atom is 0.338 e. The molecule has 1 unspecified atom stereocenters. The van der Waals surface area contributed by atoms with Gasteiger partial charge < -0.3 is 19.9 Å². The van der Waals surface area contributed by atoms with Crippen LogP contribution in [0.15, 0.2) is 66.9 Å². The van der Waals surface area contributed by atoms with Crippen LogP contribution in [0.25, 0.3) is 0 Å². The van der Waals surface area contributed by atoms with Crippen molar-refractivity contribution in [2.24, 2.45) is 5.92 Å². The summed E-state index contributed by atoms with van der Waals surface area (Å²) >= 11 is 0. The van der Waals surface area contributed by atoms with E-state index in [0.717, 1.165) is 0 Å². The SMILES string of the molecule is C[C@@H]1[C@H](OC(=O)c2ccccc2)[C@H](C)OC(n2cc(N)nn2)[C@H]1OC(=O)c1ccccc1. The molecule has 1 fully saturated rings. The van der Waals surface area contributed by atoms with Gasteiger partial charge >= 0.3 is 11.9 Å². The summed E-state index contributed by atoms with van der Waals surface area (Å²) in [4.78, 5) is 25.5. The third-order valence-electron chi connectivity index (χ3n) is 5.43. The van der Waals surface area contributed by atoms with Crippen LogP contribution in [0.4, 0.5) is 5.82 Å². The van der Waals surface area contributed by atoms with Crippen molar-refractivity contribution in [3.8, 4) is 0 Å². The third kappa shape index (κ3) is 4.47. The first kappa shape index (κ1) is 21.5. The molecule has 0 radical (unpaired) electrons. The van der Waals surface area contributed by atoms with Gasteiger partial charge in [-0.3, -0.25) is 0 Å². The Bertz CT molecular complexity index is 1070. The Morgan fingerprint density at radius 2 is 1.44 bits per heavy atom. The van der Waals surface area contributed by atoms with Gasteiger partial charge in [0.2, 0.25) is 0 Å². The summed E-state index contributed by atoms with van der Waals surface area (Å²) in [6, 6.07) is 17.3. The number of carbonyl (C=O) groups is 2. The van der Waals surface area contributed by atoms with Crippen molar-refractivity contribution >= 4 is 17.8 Å². The van der Waals surface area contributed by atoms with Crippen molar-refractivity contribution in [1.82, 2.24) is 15.0 Å². The molecule has 9 nitrogen and oxygen atoms in total. The molecule has 1 aliphatic rings. The zero-order chi connectivity index (χ0) is 22.7. The molecule has 166 valence electrons. The maximum atomic E-state index is 12.8. The number of carbonyl (C=O) groups excluding carboxylic acids is 2. The fraction of sp³-hybridized carbons (Fsp3) is 0.304. The smallest absolute Gasteiger partial charge is 0.338 e. The van der Waals surface area contributed by atoms with E-state index >= 15 is 0 Å². The van der Waals surface area contributed by atoms with Gasteiger partial charge in [0.15, 0.2) is 18.1 Å². The molecule has 3 aromatic rings. The molecule has 0 saturated carbocycles. The van der Waals surface area contributed by atoms with E-state index in [2.05, 4.69) is 10.3 Å². The van der Waals surface area contributed by atoms with Crippen molar-refractivity contribution in [1.29, 1.82) is 0 Å². The lowest BCUT2D eigenvalue weighted by atomic mass is 9.90. The molecule has 1 aromatic heterocycles. The van der Waals surface area contributed by atoms with Crippen LogP contribution >= 0.6 is 0 Å². The normalized spacial score (nSPS) is 25.1. The molecule has 2 heterocycles. The summed E-state index contributed by atoms with van der Waals surface area (Å²) in [5, 5.41) is 7.80. The number of hydrogen-bond acceptors (Lipinski definition) is 8. The van der Waals surface area contributed by atoms with Crippen LogP contribution in [0.1, 0.15) is 40.8 Å². The Morgan fingerprint density at radius 1 is 0.906 bits per heavy atom. The number of benzene rings is 2. The van der Waals surface area contributed by atoms with Gasteiger partial charge in [-0.25, -0.2) is 14.3 Å². The lowest BCUT2D eigenvalue weighted by Crippen LogP contribution is -2.53. The lowest BCUT2D eigenvalue weighted by molar-refractivity contribution is -0.221. The van der Waals surface area contributed by atoms with E-state index in [9.17, 15) is 9.59 Å². The van der Waals surface area contributed by atoms with Crippen LogP contribution in [0.3, 0.4) is 0 Å². The number of nitrogens with zero attached hydrogens (tertiary/aromatic N) is 3. The van der Waals surface area contributed by atoms with Gasteiger partial charge in [-0.15, -0.1) is 5.10 Å². The molecule has 5 atom stereocenters. The molecular weight excluding hydrogens is 412 g/mol. The number of nitrogens with two attached hydrogens (primary N) is 1. The van der Waals surface area contributed by atoms with Gasteiger partial charge in [0.05, 0.1) is 23.4 Å². The number of aromatic nitrogens is 3. The Hall–Kier alpha value is -3.72. The largest absolute Gasteiger partial charge is 0.456 e. The van der Waals surface area contributed by atoms with Crippen LogP contribution in [0.5, 0.6) is 0 Å². The first-order chi connectivity index (χ1) is 15.4. The highest BCUT2D eigenvalue weighted by Gasteiger charge is 2.47. The Kier molecular flexibility index (Phi) is 6.18. The molecule has 0 spiro atoms. The minimum absolute atomic E-state index is 0.208. The molecule has 32 heavy (non-hydrogen) atoms. The molecular formula is C23H24N4O5. The zero-order valence-corrected chi connectivity index (χ0v) is 17.7. The topological polar surface area (TPSA) is 119 Å². The number of anilines is 1. The van der Waals surface area contributed by atoms with Crippen LogP contribution in [-0.4, -0.2) is 45.2 Å². The highest BCUT2D eigenvalue weighted by atomic mass is 16.6. The van der Waals surface area contributed by atoms with Crippen LogP contribution in [0, 0.1) is 5.92 Å². The minimum Gasteiger partial charge on any atom is -0.456 e. The second-order valence-corrected chi connectivity index (χ2v) is 7.69. The van der Waals surface area contributed by atoms with Gasteiger partial charge in [0, 0.05) is 5.92 Å². The van der Waals surface area contributed by atoms with E-state index in [-0.39, 0.29) is 5.82 Å². The molecule has 9 heteroatoms. The highest BCUT2D eigenvalue weighted by molar-refractivity contribution is 5.90. The number of hydrogen-bond donors (Lipinski definition) is 1. The van der Waals surface area contributed by atoms with Gasteiger partial charge in [0.25, 0.3) is 0 Å². The Morgan fingerprint density at radius 3 is 1.94 bits per heavy atom. The van der Waals surface area contributed by atoms with Crippen LogP contribution < -0.4 is 5.73 Å². The van der Waals surface area contributed by atoms with E-state index in [4.69, 9.17) is 19.9 Å². The fourth-order valence-corrected chi connectivity index (χ4v) is 3.78. The van der Waals surface area contributed by atoms with Gasteiger partial charge in [-0.1, -0.05) is 48.5 Å². The van der Waals surface area contributed by atoms with Crippen molar-refractivity contribution in [2.75, 3.05) is 5.73 Å². The standard InChI is InChI=1S/C23H24N4O5/c1-14-19(31-22(28)16-9-5-3-6-10-16)15(2)30-21(27-13-18(24)25-26-27)20(14)32-23(29)17-11-7-4-8-12-17/h3-15,19-21H,24H2,1-2H3/t14-,15+,19+,20+,21?/m1/s1. The second-order valence-electron chi connectivity index (χ2n) is 7.69. The number of nitrogen functional groups attached to an aromatic ring is 1. The maximum absolute atomic E-state index is 12.8. The third-order valence-corrected chi connectivity index (χ3v) is 5.43. The zero-order valence-electron chi connectivity index (χ0n) is 17.7. The molecule has 0 aliphatic carbocycles. The van der Waals surface area contributed by atoms with Gasteiger partial charge in [-0.2, -0.15) is 0 Å². The monoisotopic (exact) mass is 436 g/mol. The summed E-state index contributed by atoms with van der Waals surface area (Å²) in [6.45, 7) is 3.64. The minimum atomic E-state index is -0.812. The molecule has 4 rings (SSSR count).